The van der Waals surface area contributed by atoms with Crippen molar-refractivity contribution in [1.82, 2.24) is 0 Å². The summed E-state index contributed by atoms with van der Waals surface area (Å²) in [5, 5.41) is 0. The number of benzene rings is 1. The SMILES string of the molecule is CC(C)OCCOC(=O)c1cccc(C(F)(F)F)c1F. The van der Waals surface area contributed by atoms with Crippen LogP contribution in [0.4, 0.5) is 17.6 Å². The second-order valence-electron chi connectivity index (χ2n) is 4.22. The highest BCUT2D eigenvalue weighted by Gasteiger charge is 2.35. The minimum Gasteiger partial charge on any atom is -0.460 e. The maximum atomic E-state index is 13.6. The van der Waals surface area contributed by atoms with E-state index in [-0.39, 0.29) is 19.3 Å². The summed E-state index contributed by atoms with van der Waals surface area (Å²) in [7, 11) is 0. The lowest BCUT2D eigenvalue weighted by Gasteiger charge is -2.11. The molecule has 0 atom stereocenters. The third-order valence-corrected chi connectivity index (χ3v) is 2.29. The number of hydrogen-bond donors (Lipinski definition) is 0. The zero-order valence-corrected chi connectivity index (χ0v) is 11.0. The topological polar surface area (TPSA) is 35.5 Å². The van der Waals surface area contributed by atoms with Gasteiger partial charge in [-0.1, -0.05) is 6.07 Å². The molecule has 0 aliphatic heterocycles. The van der Waals surface area contributed by atoms with Crippen molar-refractivity contribution in [2.45, 2.75) is 26.1 Å². The van der Waals surface area contributed by atoms with Gasteiger partial charge in [0.25, 0.3) is 0 Å². The molecule has 0 bridgehead atoms. The van der Waals surface area contributed by atoms with Crippen molar-refractivity contribution in [1.29, 1.82) is 0 Å². The normalized spacial score (nSPS) is 11.8. The van der Waals surface area contributed by atoms with E-state index in [1.165, 1.54) is 0 Å². The van der Waals surface area contributed by atoms with E-state index in [2.05, 4.69) is 4.74 Å². The molecule has 1 aromatic rings. The third-order valence-electron chi connectivity index (χ3n) is 2.29. The molecule has 0 saturated heterocycles. The standard InChI is InChI=1S/C13H14F4O3/c1-8(2)19-6-7-20-12(18)9-4-3-5-10(11(9)14)13(15,16)17/h3-5,8H,6-7H2,1-2H3. The van der Waals surface area contributed by atoms with E-state index in [1.54, 1.807) is 13.8 Å². The molecule has 0 spiro atoms. The van der Waals surface area contributed by atoms with Gasteiger partial charge in [-0.15, -0.1) is 0 Å². The fourth-order valence-electron chi connectivity index (χ4n) is 1.40. The van der Waals surface area contributed by atoms with E-state index in [9.17, 15) is 22.4 Å². The lowest BCUT2D eigenvalue weighted by molar-refractivity contribution is -0.140. The second kappa shape index (κ2) is 6.69. The summed E-state index contributed by atoms with van der Waals surface area (Å²) >= 11 is 0. The summed E-state index contributed by atoms with van der Waals surface area (Å²) in [5.74, 6) is -2.78. The largest absolute Gasteiger partial charge is 0.460 e. The monoisotopic (exact) mass is 294 g/mol. The maximum absolute atomic E-state index is 13.6. The van der Waals surface area contributed by atoms with Gasteiger partial charge in [0.1, 0.15) is 12.4 Å². The van der Waals surface area contributed by atoms with E-state index >= 15 is 0 Å². The highest BCUT2D eigenvalue weighted by Crippen LogP contribution is 2.32. The van der Waals surface area contributed by atoms with Crippen LogP contribution in [0, 0.1) is 5.82 Å². The fourth-order valence-corrected chi connectivity index (χ4v) is 1.40. The van der Waals surface area contributed by atoms with E-state index in [0.717, 1.165) is 12.1 Å². The molecule has 0 saturated carbocycles. The van der Waals surface area contributed by atoms with E-state index in [4.69, 9.17) is 4.74 Å². The summed E-state index contributed by atoms with van der Waals surface area (Å²) in [6.07, 6.45) is -4.93. The predicted octanol–water partition coefficient (Wildman–Crippen LogP) is 3.43. The lowest BCUT2D eigenvalue weighted by atomic mass is 10.1. The Hall–Kier alpha value is -1.63. The Balaban J connectivity index is 2.74. The molecule has 0 aliphatic rings. The van der Waals surface area contributed by atoms with Gasteiger partial charge in [-0.25, -0.2) is 9.18 Å². The van der Waals surface area contributed by atoms with Crippen molar-refractivity contribution in [3.8, 4) is 0 Å². The van der Waals surface area contributed by atoms with E-state index < -0.39 is 29.1 Å². The highest BCUT2D eigenvalue weighted by molar-refractivity contribution is 5.90. The minimum absolute atomic E-state index is 0.0704. The molecule has 0 unspecified atom stereocenters. The van der Waals surface area contributed by atoms with Crippen LogP contribution >= 0.6 is 0 Å². The van der Waals surface area contributed by atoms with Crippen molar-refractivity contribution in [2.75, 3.05) is 13.2 Å². The molecule has 112 valence electrons. The van der Waals surface area contributed by atoms with Crippen LogP contribution in [0.5, 0.6) is 0 Å². The zero-order chi connectivity index (χ0) is 15.3. The number of carbonyl (C=O) groups is 1. The Labute approximate surface area is 113 Å². The van der Waals surface area contributed by atoms with E-state index in [0.29, 0.717) is 6.07 Å². The number of alkyl halides is 3. The average Bonchev–Trinajstić information content (AvgIpc) is 2.33. The Morgan fingerprint density at radius 3 is 2.45 bits per heavy atom. The van der Waals surface area contributed by atoms with Gasteiger partial charge in [0.05, 0.1) is 23.8 Å². The smallest absolute Gasteiger partial charge is 0.419 e. The number of esters is 1. The zero-order valence-electron chi connectivity index (χ0n) is 11.0. The highest BCUT2D eigenvalue weighted by atomic mass is 19.4. The maximum Gasteiger partial charge on any atom is 0.419 e. The first-order valence-corrected chi connectivity index (χ1v) is 5.88. The first kappa shape index (κ1) is 16.4. The molecule has 0 fully saturated rings. The molecule has 1 aromatic carbocycles. The van der Waals surface area contributed by atoms with Crippen LogP contribution in [0.25, 0.3) is 0 Å². The summed E-state index contributed by atoms with van der Waals surface area (Å²) in [4.78, 5) is 11.5. The lowest BCUT2D eigenvalue weighted by Crippen LogP contribution is -2.17. The molecule has 20 heavy (non-hydrogen) atoms. The number of hydrogen-bond acceptors (Lipinski definition) is 3. The number of carbonyl (C=O) groups excluding carboxylic acids is 1. The Morgan fingerprint density at radius 2 is 1.90 bits per heavy atom. The molecule has 0 N–H and O–H groups in total. The Morgan fingerprint density at radius 1 is 1.25 bits per heavy atom. The van der Waals surface area contributed by atoms with Crippen LogP contribution in [0.15, 0.2) is 18.2 Å². The van der Waals surface area contributed by atoms with Gasteiger partial charge in [-0.3, -0.25) is 0 Å². The molecule has 0 radical (unpaired) electrons. The van der Waals surface area contributed by atoms with Gasteiger partial charge in [0.15, 0.2) is 0 Å². The summed E-state index contributed by atoms with van der Waals surface area (Å²) < 4.78 is 60.8. The van der Waals surface area contributed by atoms with Crippen molar-refractivity contribution in [3.63, 3.8) is 0 Å². The van der Waals surface area contributed by atoms with Crippen molar-refractivity contribution in [3.05, 3.63) is 35.1 Å². The molecular weight excluding hydrogens is 280 g/mol. The van der Waals surface area contributed by atoms with Crippen LogP contribution in [-0.2, 0) is 15.7 Å². The fraction of sp³-hybridized carbons (Fsp3) is 0.462. The molecule has 3 nitrogen and oxygen atoms in total. The first-order chi connectivity index (χ1) is 9.23. The minimum atomic E-state index is -4.86. The molecule has 0 heterocycles. The average molecular weight is 294 g/mol. The van der Waals surface area contributed by atoms with Gasteiger partial charge in [-0.2, -0.15) is 13.2 Å². The van der Waals surface area contributed by atoms with Crippen molar-refractivity contribution in [2.24, 2.45) is 0 Å². The predicted molar refractivity (Wildman–Crippen MR) is 62.8 cm³/mol. The molecular formula is C13H14F4O3. The van der Waals surface area contributed by atoms with Gasteiger partial charge in [-0.05, 0) is 26.0 Å². The van der Waals surface area contributed by atoms with Crippen LogP contribution in [0.3, 0.4) is 0 Å². The second-order valence-corrected chi connectivity index (χ2v) is 4.22. The Bertz CT molecular complexity index is 469. The van der Waals surface area contributed by atoms with Crippen LogP contribution < -0.4 is 0 Å². The number of rotatable bonds is 5. The Kier molecular flexibility index (Phi) is 5.50. The van der Waals surface area contributed by atoms with Gasteiger partial charge in [0.2, 0.25) is 0 Å². The van der Waals surface area contributed by atoms with Gasteiger partial charge >= 0.3 is 12.1 Å². The molecule has 1 rings (SSSR count). The number of halogens is 4. The number of ether oxygens (including phenoxy) is 2. The van der Waals surface area contributed by atoms with Crippen LogP contribution in [-0.4, -0.2) is 25.3 Å². The molecule has 0 aromatic heterocycles. The summed E-state index contributed by atoms with van der Waals surface area (Å²) in [6.45, 7) is 3.47. The quantitative estimate of drug-likeness (QED) is 0.474. The molecule has 0 aliphatic carbocycles. The van der Waals surface area contributed by atoms with Gasteiger partial charge in [0, 0.05) is 0 Å². The van der Waals surface area contributed by atoms with Crippen molar-refractivity contribution < 1.29 is 31.8 Å². The van der Waals surface area contributed by atoms with Crippen LogP contribution in [0.1, 0.15) is 29.8 Å². The summed E-state index contributed by atoms with van der Waals surface area (Å²) in [5.41, 5.74) is -2.24. The summed E-state index contributed by atoms with van der Waals surface area (Å²) in [6, 6.07) is 2.46. The molecule has 0 amide bonds. The first-order valence-electron chi connectivity index (χ1n) is 5.88. The van der Waals surface area contributed by atoms with Crippen molar-refractivity contribution >= 4 is 5.97 Å². The third kappa shape index (κ3) is 4.48. The van der Waals surface area contributed by atoms with Crippen LogP contribution in [0.2, 0.25) is 0 Å². The van der Waals surface area contributed by atoms with Gasteiger partial charge < -0.3 is 9.47 Å². The molecule has 7 heteroatoms. The van der Waals surface area contributed by atoms with E-state index in [1.807, 2.05) is 0 Å².